The third-order valence-corrected chi connectivity index (χ3v) is 8.42. The third kappa shape index (κ3) is 8.07. The number of nitrogens with one attached hydrogen (secondary N) is 1. The minimum Gasteiger partial charge on any atom is -0.354 e. The van der Waals surface area contributed by atoms with E-state index in [2.05, 4.69) is 5.32 Å². The molecule has 0 saturated heterocycles. The van der Waals surface area contributed by atoms with Crippen LogP contribution in [0.5, 0.6) is 0 Å². The zero-order valence-electron chi connectivity index (χ0n) is 22.6. The highest BCUT2D eigenvalue weighted by Crippen LogP contribution is 2.27. The van der Waals surface area contributed by atoms with Gasteiger partial charge in [-0.15, -0.1) is 0 Å². The molecule has 39 heavy (non-hydrogen) atoms. The van der Waals surface area contributed by atoms with Gasteiger partial charge in [0.15, 0.2) is 0 Å². The Kier molecular flexibility index (Phi) is 10.9. The maximum absolute atomic E-state index is 14.0. The molecule has 0 heterocycles. The fraction of sp³-hybridized carbons (Fsp3) is 0.333. The summed E-state index contributed by atoms with van der Waals surface area (Å²) in [6.07, 6.45) is 2.12. The van der Waals surface area contributed by atoms with Crippen LogP contribution in [-0.4, -0.2) is 44.3 Å². The largest absolute Gasteiger partial charge is 0.354 e. The number of sulfonamides is 1. The molecule has 7 nitrogen and oxygen atoms in total. The SMILES string of the molecule is CCCCNC(=O)[C@@H](CC)N(Cc1ccccc1)C(=O)CN(c1cccc(Cl)c1)S(=O)(=O)c1ccc(C)cc1. The van der Waals surface area contributed by atoms with Crippen molar-refractivity contribution in [3.05, 3.63) is 95.0 Å². The van der Waals surface area contributed by atoms with Gasteiger partial charge in [0.1, 0.15) is 12.6 Å². The molecule has 208 valence electrons. The molecule has 0 aliphatic rings. The van der Waals surface area contributed by atoms with Crippen LogP contribution in [0.2, 0.25) is 5.02 Å². The van der Waals surface area contributed by atoms with Gasteiger partial charge in [0, 0.05) is 18.1 Å². The van der Waals surface area contributed by atoms with Crippen LogP contribution >= 0.6 is 11.6 Å². The summed E-state index contributed by atoms with van der Waals surface area (Å²) in [5.41, 5.74) is 2.01. The summed E-state index contributed by atoms with van der Waals surface area (Å²) in [5, 5.41) is 3.27. The zero-order chi connectivity index (χ0) is 28.4. The summed E-state index contributed by atoms with van der Waals surface area (Å²) in [7, 11) is -4.13. The number of unbranched alkanes of at least 4 members (excludes halogenated alkanes) is 1. The molecule has 0 radical (unpaired) electrons. The second-order valence-electron chi connectivity index (χ2n) is 9.38. The second kappa shape index (κ2) is 14.1. The summed E-state index contributed by atoms with van der Waals surface area (Å²) in [6, 6.07) is 21.4. The molecule has 0 unspecified atom stereocenters. The molecule has 0 aliphatic heterocycles. The van der Waals surface area contributed by atoms with Crippen molar-refractivity contribution in [2.75, 3.05) is 17.4 Å². The molecule has 9 heteroatoms. The Labute approximate surface area is 236 Å². The normalized spacial score (nSPS) is 12.0. The van der Waals surface area contributed by atoms with Crippen molar-refractivity contribution < 1.29 is 18.0 Å². The van der Waals surface area contributed by atoms with Crippen molar-refractivity contribution in [1.29, 1.82) is 0 Å². The molecule has 0 aliphatic carbocycles. The van der Waals surface area contributed by atoms with Gasteiger partial charge in [-0.1, -0.05) is 86.0 Å². The Morgan fingerprint density at radius 3 is 2.26 bits per heavy atom. The number of anilines is 1. The fourth-order valence-electron chi connectivity index (χ4n) is 4.20. The van der Waals surface area contributed by atoms with Gasteiger partial charge in [0.2, 0.25) is 11.8 Å². The summed E-state index contributed by atoms with van der Waals surface area (Å²) < 4.78 is 28.8. The van der Waals surface area contributed by atoms with Crippen molar-refractivity contribution >= 4 is 39.1 Å². The lowest BCUT2D eigenvalue weighted by Gasteiger charge is -2.33. The smallest absolute Gasteiger partial charge is 0.264 e. The van der Waals surface area contributed by atoms with Crippen LogP contribution in [0.3, 0.4) is 0 Å². The van der Waals surface area contributed by atoms with E-state index in [4.69, 9.17) is 11.6 Å². The molecule has 1 N–H and O–H groups in total. The highest BCUT2D eigenvalue weighted by Gasteiger charge is 2.33. The molecule has 0 aromatic heterocycles. The van der Waals surface area contributed by atoms with E-state index in [-0.39, 0.29) is 23.0 Å². The van der Waals surface area contributed by atoms with E-state index in [9.17, 15) is 18.0 Å². The zero-order valence-corrected chi connectivity index (χ0v) is 24.2. The van der Waals surface area contributed by atoms with Crippen LogP contribution in [0.1, 0.15) is 44.2 Å². The van der Waals surface area contributed by atoms with E-state index in [1.165, 1.54) is 23.1 Å². The van der Waals surface area contributed by atoms with Crippen LogP contribution in [0.4, 0.5) is 5.69 Å². The number of rotatable bonds is 13. The van der Waals surface area contributed by atoms with E-state index in [0.717, 1.165) is 28.3 Å². The molecule has 3 rings (SSSR count). The van der Waals surface area contributed by atoms with Gasteiger partial charge >= 0.3 is 0 Å². The number of aryl methyl sites for hydroxylation is 1. The first-order valence-electron chi connectivity index (χ1n) is 13.1. The van der Waals surface area contributed by atoms with E-state index < -0.39 is 28.5 Å². The van der Waals surface area contributed by atoms with Crippen molar-refractivity contribution in [2.24, 2.45) is 0 Å². The number of hydrogen-bond donors (Lipinski definition) is 1. The molecule has 3 aromatic carbocycles. The van der Waals surface area contributed by atoms with Crippen molar-refractivity contribution in [1.82, 2.24) is 10.2 Å². The summed E-state index contributed by atoms with van der Waals surface area (Å²) in [6.45, 7) is 5.92. The molecule has 0 fully saturated rings. The van der Waals surface area contributed by atoms with E-state index in [1.807, 2.05) is 51.1 Å². The first kappa shape index (κ1) is 30.2. The summed E-state index contributed by atoms with van der Waals surface area (Å²) >= 11 is 6.22. The number of carbonyl (C=O) groups is 2. The predicted molar refractivity (Wildman–Crippen MR) is 156 cm³/mol. The van der Waals surface area contributed by atoms with Crippen LogP contribution in [0.25, 0.3) is 0 Å². The lowest BCUT2D eigenvalue weighted by molar-refractivity contribution is -0.140. The average Bonchev–Trinajstić information content (AvgIpc) is 2.92. The number of carbonyl (C=O) groups excluding carboxylic acids is 2. The molecule has 0 spiro atoms. The van der Waals surface area contributed by atoms with Gasteiger partial charge in [0.05, 0.1) is 10.6 Å². The standard InChI is InChI=1S/C30H36ClN3O4S/c1-4-6-19-32-30(36)28(5-2)33(21-24-11-8-7-9-12-24)29(35)22-34(26-14-10-13-25(31)20-26)39(37,38)27-17-15-23(3)16-18-27/h7-18,20,28H,4-6,19,21-22H2,1-3H3,(H,32,36)/t28-/m1/s1. The first-order valence-corrected chi connectivity index (χ1v) is 14.9. The molecule has 2 amide bonds. The number of nitrogens with zero attached hydrogens (tertiary/aromatic N) is 2. The number of amides is 2. The summed E-state index contributed by atoms with van der Waals surface area (Å²) in [5.74, 6) is -0.752. The van der Waals surface area contributed by atoms with Gasteiger partial charge in [0.25, 0.3) is 10.0 Å². The average molecular weight is 570 g/mol. The quantitative estimate of drug-likeness (QED) is 0.273. The molecular formula is C30H36ClN3O4S. The van der Waals surface area contributed by atoms with Gasteiger partial charge in [-0.2, -0.15) is 0 Å². The Bertz CT molecular complexity index is 1350. The fourth-order valence-corrected chi connectivity index (χ4v) is 5.79. The summed E-state index contributed by atoms with van der Waals surface area (Å²) in [4.78, 5) is 28.7. The second-order valence-corrected chi connectivity index (χ2v) is 11.7. The van der Waals surface area contributed by atoms with Crippen molar-refractivity contribution in [2.45, 2.75) is 57.5 Å². The van der Waals surface area contributed by atoms with Crippen molar-refractivity contribution in [3.8, 4) is 0 Å². The Morgan fingerprint density at radius 1 is 0.949 bits per heavy atom. The molecule has 3 aromatic rings. The molecule has 0 bridgehead atoms. The lowest BCUT2D eigenvalue weighted by atomic mass is 10.1. The minimum atomic E-state index is -4.13. The van der Waals surface area contributed by atoms with Gasteiger partial charge in [-0.3, -0.25) is 13.9 Å². The molecule has 0 saturated carbocycles. The topological polar surface area (TPSA) is 86.8 Å². The predicted octanol–water partition coefficient (Wildman–Crippen LogP) is 5.57. The minimum absolute atomic E-state index is 0.0554. The van der Waals surface area contributed by atoms with Crippen LogP contribution in [0.15, 0.2) is 83.8 Å². The first-order chi connectivity index (χ1) is 18.7. The number of hydrogen-bond acceptors (Lipinski definition) is 4. The highest BCUT2D eigenvalue weighted by molar-refractivity contribution is 7.92. The van der Waals surface area contributed by atoms with Gasteiger partial charge < -0.3 is 10.2 Å². The molecule has 1 atom stereocenters. The third-order valence-electron chi connectivity index (χ3n) is 6.40. The maximum atomic E-state index is 14.0. The number of benzene rings is 3. The van der Waals surface area contributed by atoms with Gasteiger partial charge in [-0.25, -0.2) is 8.42 Å². The Hall–Kier alpha value is -3.36. The van der Waals surface area contributed by atoms with E-state index >= 15 is 0 Å². The van der Waals surface area contributed by atoms with E-state index in [1.54, 1.807) is 30.3 Å². The Balaban J connectivity index is 2.02. The Morgan fingerprint density at radius 2 is 1.64 bits per heavy atom. The molecular weight excluding hydrogens is 534 g/mol. The van der Waals surface area contributed by atoms with Crippen molar-refractivity contribution in [3.63, 3.8) is 0 Å². The van der Waals surface area contributed by atoms with Gasteiger partial charge in [-0.05, 0) is 55.7 Å². The number of halogens is 1. The highest BCUT2D eigenvalue weighted by atomic mass is 35.5. The maximum Gasteiger partial charge on any atom is 0.264 e. The van der Waals surface area contributed by atoms with Crippen LogP contribution in [0, 0.1) is 6.92 Å². The monoisotopic (exact) mass is 569 g/mol. The van der Waals surface area contributed by atoms with E-state index in [0.29, 0.717) is 18.0 Å². The van der Waals surface area contributed by atoms with Crippen LogP contribution < -0.4 is 9.62 Å². The lowest BCUT2D eigenvalue weighted by Crippen LogP contribution is -2.52. The van der Waals surface area contributed by atoms with Crippen LogP contribution in [-0.2, 0) is 26.2 Å².